The minimum atomic E-state index is -1.49. The van der Waals surface area contributed by atoms with Gasteiger partial charge >= 0.3 is 5.97 Å². The van der Waals surface area contributed by atoms with E-state index in [-0.39, 0.29) is 44.0 Å². The van der Waals surface area contributed by atoms with Crippen molar-refractivity contribution in [3.63, 3.8) is 0 Å². The number of hydrogen-bond acceptors (Lipinski definition) is 7. The zero-order valence-electron chi connectivity index (χ0n) is 27.6. The van der Waals surface area contributed by atoms with E-state index in [0.717, 1.165) is 16.3 Å². The highest BCUT2D eigenvalue weighted by Crippen LogP contribution is 2.54. The van der Waals surface area contributed by atoms with Crippen LogP contribution in [0.1, 0.15) is 38.3 Å². The fourth-order valence-corrected chi connectivity index (χ4v) is 7.93. The third-order valence-electron chi connectivity index (χ3n) is 10.4. The maximum atomic E-state index is 15.0. The summed E-state index contributed by atoms with van der Waals surface area (Å²) >= 11 is 0. The highest BCUT2D eigenvalue weighted by molar-refractivity contribution is 6.06. The molecule has 4 aliphatic heterocycles. The van der Waals surface area contributed by atoms with Gasteiger partial charge in [0.05, 0.1) is 36.6 Å². The van der Waals surface area contributed by atoms with Crippen molar-refractivity contribution in [1.29, 1.82) is 0 Å². The quantitative estimate of drug-likeness (QED) is 0.311. The number of nitrogens with one attached hydrogen (secondary N) is 1. The summed E-state index contributed by atoms with van der Waals surface area (Å²) < 4.78 is 12.4. The molecule has 2 saturated heterocycles. The number of fused-ring (bicyclic) bond motifs is 3. The molecule has 0 bridgehead atoms. The van der Waals surface area contributed by atoms with Crippen LogP contribution in [0.3, 0.4) is 0 Å². The van der Waals surface area contributed by atoms with Crippen molar-refractivity contribution in [1.82, 2.24) is 10.2 Å². The monoisotopic (exact) mass is 663 g/mol. The number of benzene rings is 3. The molecule has 49 heavy (non-hydrogen) atoms. The van der Waals surface area contributed by atoms with E-state index >= 15 is 0 Å². The number of carbonyl (C=O) groups excluding carboxylic acids is 4. The Hall–Kier alpha value is -4.80. The number of nitrogens with zero attached hydrogens (tertiary/aromatic N) is 2. The molecule has 3 aromatic carbocycles. The molecule has 7 rings (SSSR count). The lowest BCUT2D eigenvalue weighted by Gasteiger charge is -2.39. The molecular formula is C39H41N3O7. The molecule has 10 nitrogen and oxygen atoms in total. The molecule has 4 heterocycles. The van der Waals surface area contributed by atoms with Crippen molar-refractivity contribution in [3.05, 3.63) is 103 Å². The molecule has 0 radical (unpaired) electrons. The molecule has 2 fully saturated rings. The van der Waals surface area contributed by atoms with Gasteiger partial charge in [0.25, 0.3) is 5.91 Å². The molecular weight excluding hydrogens is 622 g/mol. The van der Waals surface area contributed by atoms with Gasteiger partial charge in [-0.1, -0.05) is 98.8 Å². The van der Waals surface area contributed by atoms with E-state index in [0.29, 0.717) is 12.1 Å². The molecule has 0 unspecified atom stereocenters. The van der Waals surface area contributed by atoms with Crippen LogP contribution in [-0.4, -0.2) is 77.2 Å². The van der Waals surface area contributed by atoms with Crippen LogP contribution >= 0.6 is 0 Å². The Kier molecular flexibility index (Phi) is 8.85. The number of anilines is 1. The predicted octanol–water partition coefficient (Wildman–Crippen LogP) is 4.09. The van der Waals surface area contributed by atoms with Crippen LogP contribution in [0.5, 0.6) is 0 Å². The van der Waals surface area contributed by atoms with Crippen LogP contribution in [0.25, 0.3) is 10.8 Å². The number of ether oxygens (including phenoxy) is 2. The normalized spacial score (nSPS) is 30.1. The first-order valence-electron chi connectivity index (χ1n) is 17.0. The van der Waals surface area contributed by atoms with Gasteiger partial charge in [-0.25, -0.2) is 0 Å². The molecule has 7 atom stereocenters. The van der Waals surface area contributed by atoms with Gasteiger partial charge in [0, 0.05) is 18.7 Å². The first-order valence-corrected chi connectivity index (χ1v) is 17.0. The molecule has 1 spiro atoms. The fraction of sp³-hybridized carbons (Fsp3) is 0.385. The molecule has 3 aromatic rings. The molecule has 254 valence electrons. The van der Waals surface area contributed by atoms with Crippen LogP contribution < -0.4 is 10.2 Å². The Bertz CT molecular complexity index is 1820. The lowest BCUT2D eigenvalue weighted by Crippen LogP contribution is -2.59. The number of allylic oxidation sites excluding steroid dienone is 1. The lowest BCUT2D eigenvalue weighted by molar-refractivity contribution is -0.147. The molecule has 10 heteroatoms. The minimum absolute atomic E-state index is 0.0753. The van der Waals surface area contributed by atoms with E-state index in [9.17, 15) is 24.3 Å². The average Bonchev–Trinajstić information content (AvgIpc) is 3.49. The number of aliphatic hydroxyl groups is 1. The number of aliphatic hydroxyl groups excluding tert-OH is 1. The molecule has 0 aliphatic carbocycles. The Morgan fingerprint density at radius 3 is 2.45 bits per heavy atom. The van der Waals surface area contributed by atoms with E-state index in [1.807, 2.05) is 92.7 Å². The maximum absolute atomic E-state index is 15.0. The molecule has 2 N–H and O–H groups in total. The summed E-state index contributed by atoms with van der Waals surface area (Å²) in [5.41, 5.74) is -0.0772. The Morgan fingerprint density at radius 1 is 0.939 bits per heavy atom. The lowest BCUT2D eigenvalue weighted by atomic mass is 9.77. The number of esters is 1. The van der Waals surface area contributed by atoms with Crippen molar-refractivity contribution in [2.45, 2.75) is 56.5 Å². The van der Waals surface area contributed by atoms with Crippen LogP contribution in [-0.2, 0) is 28.7 Å². The first-order chi connectivity index (χ1) is 23.7. The zero-order valence-corrected chi connectivity index (χ0v) is 27.6. The highest BCUT2D eigenvalue weighted by atomic mass is 16.5. The Balaban J connectivity index is 1.33. The van der Waals surface area contributed by atoms with Crippen molar-refractivity contribution >= 4 is 40.2 Å². The summed E-state index contributed by atoms with van der Waals surface area (Å²) in [6.07, 6.45) is 6.77. The van der Waals surface area contributed by atoms with E-state index in [1.54, 1.807) is 23.1 Å². The number of carbonyl (C=O) groups is 4. The second-order valence-corrected chi connectivity index (χ2v) is 13.6. The Morgan fingerprint density at radius 2 is 1.69 bits per heavy atom. The molecule has 0 saturated carbocycles. The minimum Gasteiger partial charge on any atom is -0.463 e. The van der Waals surface area contributed by atoms with Gasteiger partial charge in [0.15, 0.2) is 0 Å². The third-order valence-corrected chi connectivity index (χ3v) is 10.4. The molecule has 0 aromatic heterocycles. The second-order valence-electron chi connectivity index (χ2n) is 13.6. The largest absolute Gasteiger partial charge is 0.463 e. The van der Waals surface area contributed by atoms with Crippen LogP contribution in [0.2, 0.25) is 0 Å². The summed E-state index contributed by atoms with van der Waals surface area (Å²) in [6.45, 7) is 3.58. The van der Waals surface area contributed by atoms with E-state index in [4.69, 9.17) is 9.47 Å². The SMILES string of the molecule is CC(C)[C@H](CO)N1C(=O)[C@H]2[C@@H]3C(=O)N[C@@H](c4ccccc4)COC(=O)CC/C=C\[C@@H]3O[C@]23C=CCN(c2ccc4ccccc4c2)C(=O)[C@H]13. The zero-order chi connectivity index (χ0) is 34.3. The maximum Gasteiger partial charge on any atom is 0.306 e. The first kappa shape index (κ1) is 32.7. The van der Waals surface area contributed by atoms with Gasteiger partial charge in [-0.3, -0.25) is 19.2 Å². The van der Waals surface area contributed by atoms with E-state index < -0.39 is 53.5 Å². The van der Waals surface area contributed by atoms with Gasteiger partial charge in [0.1, 0.15) is 18.2 Å². The number of rotatable bonds is 5. The third kappa shape index (κ3) is 5.72. The second kappa shape index (κ2) is 13.2. The van der Waals surface area contributed by atoms with Crippen molar-refractivity contribution in [2.24, 2.45) is 17.8 Å². The van der Waals surface area contributed by atoms with Crippen molar-refractivity contribution < 1.29 is 33.8 Å². The predicted molar refractivity (Wildman–Crippen MR) is 183 cm³/mol. The summed E-state index contributed by atoms with van der Waals surface area (Å²) in [7, 11) is 0. The highest BCUT2D eigenvalue weighted by Gasteiger charge is 2.72. The van der Waals surface area contributed by atoms with Crippen LogP contribution in [0.15, 0.2) is 97.1 Å². The average molecular weight is 664 g/mol. The topological polar surface area (TPSA) is 125 Å². The molecule has 4 aliphatic rings. The van der Waals surface area contributed by atoms with Gasteiger partial charge in [0.2, 0.25) is 11.8 Å². The van der Waals surface area contributed by atoms with Gasteiger partial charge in [-0.2, -0.15) is 0 Å². The van der Waals surface area contributed by atoms with Gasteiger partial charge in [-0.15, -0.1) is 0 Å². The molecule has 3 amide bonds. The number of amides is 3. The van der Waals surface area contributed by atoms with Gasteiger partial charge < -0.3 is 29.7 Å². The van der Waals surface area contributed by atoms with Gasteiger partial charge in [-0.05, 0) is 40.8 Å². The summed E-state index contributed by atoms with van der Waals surface area (Å²) in [5, 5.41) is 15.7. The van der Waals surface area contributed by atoms with Crippen molar-refractivity contribution in [3.8, 4) is 0 Å². The van der Waals surface area contributed by atoms with Crippen LogP contribution in [0, 0.1) is 17.8 Å². The van der Waals surface area contributed by atoms with E-state index in [1.165, 1.54) is 4.90 Å². The number of likely N-dealkylation sites (tertiary alicyclic amines) is 1. The number of cyclic esters (lactones) is 1. The summed E-state index contributed by atoms with van der Waals surface area (Å²) in [4.78, 5) is 60.0. The summed E-state index contributed by atoms with van der Waals surface area (Å²) in [5.74, 6) is -3.86. The van der Waals surface area contributed by atoms with Crippen LogP contribution in [0.4, 0.5) is 5.69 Å². The number of hydrogen-bond donors (Lipinski definition) is 2. The smallest absolute Gasteiger partial charge is 0.306 e. The van der Waals surface area contributed by atoms with Crippen molar-refractivity contribution in [2.75, 3.05) is 24.7 Å². The fourth-order valence-electron chi connectivity index (χ4n) is 7.93. The van der Waals surface area contributed by atoms with E-state index in [2.05, 4.69) is 5.32 Å². The standard InChI is InChI=1S/C39H41N3O7/c1-24(2)30(22-43)42-35-38(47)41(28-18-17-25-11-6-7-14-27(25)21-28)20-10-19-39(35)34(37(42)46)33-31(49-39)15-8-9-16-32(44)48-23-29(40-36(33)45)26-12-4-3-5-13-26/h3-8,10-15,17-19,21,24,29-31,33-35,43H,9,16,20,22-23H2,1-2H3,(H,40,45)/b15-8-/t29-,30+,31+,33-,34-,35+,39-/m1/s1. The summed E-state index contributed by atoms with van der Waals surface area (Å²) in [6, 6.07) is 20.4. The Labute approximate surface area is 285 Å².